The number of terminal acetylenes is 1. The lowest BCUT2D eigenvalue weighted by Crippen LogP contribution is -2.41. The van der Waals surface area contributed by atoms with Crippen molar-refractivity contribution in [1.82, 2.24) is 4.31 Å². The van der Waals surface area contributed by atoms with E-state index in [-0.39, 0.29) is 44.0 Å². The summed E-state index contributed by atoms with van der Waals surface area (Å²) in [5, 5.41) is 0. The quantitative estimate of drug-likeness (QED) is 0.133. The fraction of sp³-hybridized carbons (Fsp3) is 0.481. The number of carbonyl (C=O) groups is 2. The lowest BCUT2D eigenvalue weighted by Gasteiger charge is -2.26. The predicted octanol–water partition coefficient (Wildman–Crippen LogP) is 3.95. The number of carbonyl (C=O) groups excluding carboxylic acids is 2. The van der Waals surface area contributed by atoms with E-state index in [4.69, 9.17) is 15.9 Å². The predicted molar refractivity (Wildman–Crippen MR) is 144 cm³/mol. The zero-order valence-electron chi connectivity index (χ0n) is 22.1. The molecule has 9 heteroatoms. The van der Waals surface area contributed by atoms with Crippen LogP contribution in [0.2, 0.25) is 19.6 Å². The van der Waals surface area contributed by atoms with Gasteiger partial charge in [0.2, 0.25) is 10.0 Å². The number of rotatable bonds is 12. The Labute approximate surface area is 217 Å². The lowest BCUT2D eigenvalue weighted by molar-refractivity contribution is -0.171. The maximum atomic E-state index is 13.3. The second-order valence-electron chi connectivity index (χ2n) is 9.24. The van der Waals surface area contributed by atoms with E-state index in [9.17, 15) is 18.0 Å². The number of ether oxygens (including phenoxy) is 2. The van der Waals surface area contributed by atoms with Gasteiger partial charge in [0.25, 0.3) is 0 Å². The Bertz CT molecular complexity index is 1110. The van der Waals surface area contributed by atoms with Gasteiger partial charge in [0, 0.05) is 13.0 Å². The van der Waals surface area contributed by atoms with Crippen LogP contribution in [0.3, 0.4) is 0 Å². The van der Waals surface area contributed by atoms with Crippen LogP contribution in [-0.4, -0.2) is 59.0 Å². The molecule has 0 amide bonds. The van der Waals surface area contributed by atoms with Gasteiger partial charge < -0.3 is 9.47 Å². The second-order valence-corrected chi connectivity index (χ2v) is 15.9. The first-order valence-electron chi connectivity index (χ1n) is 11.8. The minimum Gasteiger partial charge on any atom is -0.465 e. The Hall–Kier alpha value is -2.85. The molecule has 0 N–H and O–H groups in total. The monoisotopic (exact) mass is 531 g/mol. The molecule has 0 spiro atoms. The molecule has 0 aliphatic rings. The zero-order chi connectivity index (χ0) is 27.4. The Balaban J connectivity index is 3.28. The molecule has 0 heterocycles. The Morgan fingerprint density at radius 2 is 1.61 bits per heavy atom. The Kier molecular flexibility index (Phi) is 12.2. The average Bonchev–Trinajstić information content (AvgIpc) is 2.79. The largest absolute Gasteiger partial charge is 0.465 e. The van der Waals surface area contributed by atoms with E-state index < -0.39 is 35.5 Å². The molecule has 0 aromatic heterocycles. The summed E-state index contributed by atoms with van der Waals surface area (Å²) in [5.41, 5.74) is 2.44. The maximum Gasteiger partial charge on any atom is 0.324 e. The standard InChI is InChI=1S/C27H37NO6SSi/c1-8-18-27(25(29)33-9-2,26(30)34-10-3)19-11-12-20-28(21-13-22-36(5,6)7)35(31,32)24-16-14-23(4)15-17-24/h1,11-12,14-17H,9-10,18-21H2,2-7H3/b12-11+. The van der Waals surface area contributed by atoms with E-state index in [1.807, 2.05) is 6.92 Å². The van der Waals surface area contributed by atoms with Gasteiger partial charge in [-0.2, -0.15) is 4.31 Å². The first-order chi connectivity index (χ1) is 16.8. The van der Waals surface area contributed by atoms with Gasteiger partial charge >= 0.3 is 11.9 Å². The molecule has 7 nitrogen and oxygen atoms in total. The van der Waals surface area contributed by atoms with Crippen molar-refractivity contribution in [2.24, 2.45) is 5.41 Å². The van der Waals surface area contributed by atoms with Crippen LogP contribution in [0.15, 0.2) is 41.3 Å². The Morgan fingerprint density at radius 1 is 1.06 bits per heavy atom. The number of hydrogen-bond donors (Lipinski definition) is 0. The molecule has 0 fully saturated rings. The third kappa shape index (κ3) is 8.98. The van der Waals surface area contributed by atoms with Crippen LogP contribution in [0.1, 0.15) is 32.3 Å². The molecular formula is C27H37NO6SSi. The van der Waals surface area contributed by atoms with Crippen LogP contribution in [0.25, 0.3) is 0 Å². The minimum absolute atomic E-state index is 0.00558. The van der Waals surface area contributed by atoms with Gasteiger partial charge in [-0.05, 0) is 39.3 Å². The van der Waals surface area contributed by atoms with Crippen LogP contribution < -0.4 is 0 Å². The van der Waals surface area contributed by atoms with Crippen molar-refractivity contribution < 1.29 is 27.5 Å². The second kappa shape index (κ2) is 14.0. The molecule has 0 unspecified atom stereocenters. The summed E-state index contributed by atoms with van der Waals surface area (Å²) in [6.45, 7) is 11.5. The number of sulfonamides is 1. The number of esters is 2. The highest BCUT2D eigenvalue weighted by molar-refractivity contribution is 7.89. The van der Waals surface area contributed by atoms with Crippen LogP contribution in [0.5, 0.6) is 0 Å². The molecule has 0 aliphatic carbocycles. The summed E-state index contributed by atoms with van der Waals surface area (Å²) in [6.07, 6.45) is 8.33. The van der Waals surface area contributed by atoms with Crippen molar-refractivity contribution in [2.45, 2.75) is 58.1 Å². The molecule has 36 heavy (non-hydrogen) atoms. The molecule has 1 rings (SSSR count). The van der Waals surface area contributed by atoms with E-state index in [0.29, 0.717) is 0 Å². The highest BCUT2D eigenvalue weighted by atomic mass is 32.2. The number of allylic oxidation sites excluding steroid dienone is 1. The molecule has 1 aromatic rings. The summed E-state index contributed by atoms with van der Waals surface area (Å²) < 4.78 is 38.2. The topological polar surface area (TPSA) is 90.0 Å². The van der Waals surface area contributed by atoms with Gasteiger partial charge in [-0.25, -0.2) is 8.42 Å². The summed E-state index contributed by atoms with van der Waals surface area (Å²) >= 11 is 0. The Morgan fingerprint density at radius 3 is 2.08 bits per heavy atom. The third-order valence-electron chi connectivity index (χ3n) is 5.06. The molecule has 196 valence electrons. The number of aryl methyl sites for hydroxylation is 1. The molecule has 0 saturated carbocycles. The molecule has 0 atom stereocenters. The normalized spacial score (nSPS) is 12.1. The van der Waals surface area contributed by atoms with Crippen molar-refractivity contribution in [2.75, 3.05) is 26.3 Å². The summed E-state index contributed by atoms with van der Waals surface area (Å²) in [7, 11) is -5.54. The molecule has 0 aliphatic heterocycles. The van der Waals surface area contributed by atoms with E-state index >= 15 is 0 Å². The smallest absolute Gasteiger partial charge is 0.324 e. The van der Waals surface area contributed by atoms with Gasteiger partial charge in [-0.3, -0.25) is 9.59 Å². The van der Waals surface area contributed by atoms with Gasteiger partial charge in [-0.15, -0.1) is 17.9 Å². The zero-order valence-corrected chi connectivity index (χ0v) is 23.9. The number of hydrogen-bond acceptors (Lipinski definition) is 6. The molecule has 1 aromatic carbocycles. The fourth-order valence-corrected chi connectivity index (χ4v) is 5.06. The van der Waals surface area contributed by atoms with Crippen molar-refractivity contribution in [3.63, 3.8) is 0 Å². The molecule has 0 saturated heterocycles. The highest BCUT2D eigenvalue weighted by Crippen LogP contribution is 2.31. The lowest BCUT2D eigenvalue weighted by atomic mass is 9.81. The van der Waals surface area contributed by atoms with Crippen LogP contribution >= 0.6 is 0 Å². The first-order valence-corrected chi connectivity index (χ1v) is 16.8. The third-order valence-corrected chi connectivity index (χ3v) is 7.81. The van der Waals surface area contributed by atoms with Crippen molar-refractivity contribution >= 4 is 30.0 Å². The first kappa shape index (κ1) is 31.2. The summed E-state index contributed by atoms with van der Waals surface area (Å²) in [6, 6.07) is 6.60. The van der Waals surface area contributed by atoms with Crippen LogP contribution in [0.4, 0.5) is 0 Å². The van der Waals surface area contributed by atoms with Gasteiger partial charge in [0.05, 0.1) is 24.7 Å². The van der Waals surface area contributed by atoms with E-state index in [0.717, 1.165) is 5.56 Å². The van der Waals surface area contributed by atoms with E-state index in [1.54, 1.807) is 50.3 Å². The van der Waals surface area contributed by atoms with Gasteiger partial charge in [0.15, 0.2) is 5.41 Å². The molecule has 0 radical (unpaired) electrons. The maximum absolute atomic E-state index is 13.3. The van der Waals surface area contributed by atoms with Crippen molar-refractivity contribution in [3.05, 3.63) is 42.0 Å². The van der Waals surface area contributed by atoms with Crippen molar-refractivity contribution in [3.8, 4) is 23.8 Å². The number of benzene rings is 1. The summed E-state index contributed by atoms with van der Waals surface area (Å²) in [4.78, 5) is 25.6. The average molecular weight is 532 g/mol. The van der Waals surface area contributed by atoms with E-state index in [1.165, 1.54) is 4.31 Å². The molecule has 0 bridgehead atoms. The summed E-state index contributed by atoms with van der Waals surface area (Å²) in [5.74, 6) is 3.85. The van der Waals surface area contributed by atoms with Gasteiger partial charge in [-0.1, -0.05) is 55.4 Å². The SMILES string of the molecule is C#CCC(C/C=C/CN(CC#C[Si](C)(C)C)S(=O)(=O)c1ccc(C)cc1)(C(=O)OCC)C(=O)OCC. The van der Waals surface area contributed by atoms with E-state index in [2.05, 4.69) is 37.0 Å². The van der Waals surface area contributed by atoms with Crippen molar-refractivity contribution in [1.29, 1.82) is 0 Å². The van der Waals surface area contributed by atoms with Crippen LogP contribution in [0, 0.1) is 36.1 Å². The number of nitrogens with zero attached hydrogens (tertiary/aromatic N) is 1. The molecular weight excluding hydrogens is 494 g/mol. The fourth-order valence-electron chi connectivity index (χ4n) is 3.16. The van der Waals surface area contributed by atoms with Crippen LogP contribution in [-0.2, 0) is 29.1 Å². The van der Waals surface area contributed by atoms with Gasteiger partial charge in [0.1, 0.15) is 8.07 Å². The highest BCUT2D eigenvalue weighted by Gasteiger charge is 2.47. The minimum atomic E-state index is -3.83.